The van der Waals surface area contributed by atoms with Gasteiger partial charge in [-0.05, 0) is 32.1 Å². The minimum Gasteiger partial charge on any atom is -0.392 e. The first-order valence-electron chi connectivity index (χ1n) is 6.30. The van der Waals surface area contributed by atoms with Crippen molar-refractivity contribution in [2.24, 2.45) is 11.8 Å². The van der Waals surface area contributed by atoms with Crippen LogP contribution in [0.1, 0.15) is 46.0 Å². The Balaban J connectivity index is 2.22. The molecule has 0 amide bonds. The summed E-state index contributed by atoms with van der Waals surface area (Å²) in [5, 5.41) is 10.0. The van der Waals surface area contributed by atoms with E-state index in [4.69, 9.17) is 0 Å². The molecule has 3 atom stereocenters. The molecule has 1 nitrogen and oxygen atoms in total. The van der Waals surface area contributed by atoms with Gasteiger partial charge in [0, 0.05) is 5.92 Å². The second-order valence-corrected chi connectivity index (χ2v) is 5.00. The molecular formula is C14H22O. The maximum absolute atomic E-state index is 10.0. The Labute approximate surface area is 92.9 Å². The molecular weight excluding hydrogens is 184 g/mol. The quantitative estimate of drug-likeness (QED) is 0.733. The number of hydrogen-bond acceptors (Lipinski definition) is 1. The van der Waals surface area contributed by atoms with Crippen molar-refractivity contribution in [1.29, 1.82) is 0 Å². The number of allylic oxidation sites excluding steroid dienone is 3. The molecule has 0 heterocycles. The molecule has 0 bridgehead atoms. The summed E-state index contributed by atoms with van der Waals surface area (Å²) in [6, 6.07) is 0. The Morgan fingerprint density at radius 2 is 2.20 bits per heavy atom. The van der Waals surface area contributed by atoms with Crippen LogP contribution in [0.2, 0.25) is 0 Å². The maximum Gasteiger partial charge on any atom is 0.0608 e. The van der Waals surface area contributed by atoms with Crippen LogP contribution in [-0.4, -0.2) is 11.2 Å². The largest absolute Gasteiger partial charge is 0.392 e. The standard InChI is InChI=1S/C14H22O/c1-3-5-11-10(2)8-9-13-12(11)6-4-7-14(13)15/h8-9,12-15H,3-7H2,1-2H3. The number of aliphatic hydroxyl groups excluding tert-OH is 1. The molecule has 2 aliphatic carbocycles. The molecule has 2 aliphatic rings. The molecule has 0 radical (unpaired) electrons. The topological polar surface area (TPSA) is 20.2 Å². The lowest BCUT2D eigenvalue weighted by atomic mass is 9.69. The third-order valence-electron chi connectivity index (χ3n) is 3.97. The van der Waals surface area contributed by atoms with E-state index in [0.717, 1.165) is 6.42 Å². The molecule has 0 saturated heterocycles. The van der Waals surface area contributed by atoms with E-state index in [1.165, 1.54) is 31.3 Å². The summed E-state index contributed by atoms with van der Waals surface area (Å²) in [5.74, 6) is 1.04. The molecule has 0 aliphatic heterocycles. The van der Waals surface area contributed by atoms with Crippen molar-refractivity contribution in [1.82, 2.24) is 0 Å². The van der Waals surface area contributed by atoms with Crippen LogP contribution in [0, 0.1) is 11.8 Å². The van der Waals surface area contributed by atoms with Crippen molar-refractivity contribution in [3.63, 3.8) is 0 Å². The van der Waals surface area contributed by atoms with Crippen LogP contribution in [-0.2, 0) is 0 Å². The van der Waals surface area contributed by atoms with Gasteiger partial charge in [-0.15, -0.1) is 0 Å². The van der Waals surface area contributed by atoms with Gasteiger partial charge in [-0.2, -0.15) is 0 Å². The minimum absolute atomic E-state index is 0.0973. The monoisotopic (exact) mass is 206 g/mol. The van der Waals surface area contributed by atoms with Crippen LogP contribution in [0.15, 0.2) is 23.3 Å². The zero-order chi connectivity index (χ0) is 10.8. The van der Waals surface area contributed by atoms with Gasteiger partial charge in [0.05, 0.1) is 6.10 Å². The van der Waals surface area contributed by atoms with Crippen molar-refractivity contribution in [2.45, 2.75) is 52.1 Å². The first kappa shape index (κ1) is 10.9. The Hall–Kier alpha value is -0.560. The van der Waals surface area contributed by atoms with Crippen LogP contribution in [0.5, 0.6) is 0 Å². The fraction of sp³-hybridized carbons (Fsp3) is 0.714. The molecule has 1 N–H and O–H groups in total. The highest BCUT2D eigenvalue weighted by atomic mass is 16.3. The summed E-state index contributed by atoms with van der Waals surface area (Å²) < 4.78 is 0. The van der Waals surface area contributed by atoms with Crippen LogP contribution in [0.3, 0.4) is 0 Å². The molecule has 1 heteroatoms. The highest BCUT2D eigenvalue weighted by Gasteiger charge is 2.34. The second-order valence-electron chi connectivity index (χ2n) is 5.00. The van der Waals surface area contributed by atoms with E-state index in [-0.39, 0.29) is 6.10 Å². The molecule has 1 saturated carbocycles. The zero-order valence-electron chi connectivity index (χ0n) is 9.87. The molecule has 1 fully saturated rings. The van der Waals surface area contributed by atoms with Crippen molar-refractivity contribution in [3.8, 4) is 0 Å². The fourth-order valence-electron chi connectivity index (χ4n) is 3.18. The summed E-state index contributed by atoms with van der Waals surface area (Å²) in [4.78, 5) is 0. The Morgan fingerprint density at radius 1 is 1.40 bits per heavy atom. The van der Waals surface area contributed by atoms with E-state index in [9.17, 15) is 5.11 Å². The van der Waals surface area contributed by atoms with Crippen LogP contribution < -0.4 is 0 Å². The summed E-state index contributed by atoms with van der Waals surface area (Å²) >= 11 is 0. The number of aliphatic hydroxyl groups is 1. The van der Waals surface area contributed by atoms with Gasteiger partial charge in [0.15, 0.2) is 0 Å². The molecule has 15 heavy (non-hydrogen) atoms. The first-order chi connectivity index (χ1) is 7.24. The predicted octanol–water partition coefficient (Wildman–Crippen LogP) is 3.45. The third kappa shape index (κ3) is 2.03. The van der Waals surface area contributed by atoms with E-state index < -0.39 is 0 Å². The predicted molar refractivity (Wildman–Crippen MR) is 63.6 cm³/mol. The smallest absolute Gasteiger partial charge is 0.0608 e. The fourth-order valence-corrected chi connectivity index (χ4v) is 3.18. The molecule has 0 aromatic rings. The average molecular weight is 206 g/mol. The van der Waals surface area contributed by atoms with Crippen LogP contribution in [0.25, 0.3) is 0 Å². The molecule has 0 spiro atoms. The van der Waals surface area contributed by atoms with Gasteiger partial charge in [-0.3, -0.25) is 0 Å². The summed E-state index contributed by atoms with van der Waals surface area (Å²) in [6.45, 7) is 4.46. The Morgan fingerprint density at radius 3 is 2.93 bits per heavy atom. The van der Waals surface area contributed by atoms with Crippen molar-refractivity contribution in [3.05, 3.63) is 23.3 Å². The van der Waals surface area contributed by atoms with Gasteiger partial charge >= 0.3 is 0 Å². The van der Waals surface area contributed by atoms with Crippen molar-refractivity contribution < 1.29 is 5.11 Å². The molecule has 0 aromatic heterocycles. The third-order valence-corrected chi connectivity index (χ3v) is 3.97. The van der Waals surface area contributed by atoms with E-state index in [1.54, 1.807) is 5.57 Å². The number of rotatable bonds is 2. The van der Waals surface area contributed by atoms with Gasteiger partial charge < -0.3 is 5.11 Å². The molecule has 0 aromatic carbocycles. The lowest BCUT2D eigenvalue weighted by molar-refractivity contribution is 0.0660. The maximum atomic E-state index is 10.0. The van der Waals surface area contributed by atoms with E-state index in [0.29, 0.717) is 11.8 Å². The van der Waals surface area contributed by atoms with Gasteiger partial charge in [0.1, 0.15) is 0 Å². The Kier molecular flexibility index (Phi) is 3.30. The van der Waals surface area contributed by atoms with E-state index in [1.807, 2.05) is 0 Å². The normalized spacial score (nSPS) is 35.5. The van der Waals surface area contributed by atoms with Crippen LogP contribution in [0.4, 0.5) is 0 Å². The number of fused-ring (bicyclic) bond motifs is 1. The number of hydrogen-bond donors (Lipinski definition) is 1. The lowest BCUT2D eigenvalue weighted by Crippen LogP contribution is -2.33. The van der Waals surface area contributed by atoms with Gasteiger partial charge in [-0.1, -0.05) is 43.1 Å². The van der Waals surface area contributed by atoms with E-state index >= 15 is 0 Å². The molecule has 3 unspecified atom stereocenters. The first-order valence-corrected chi connectivity index (χ1v) is 6.30. The van der Waals surface area contributed by atoms with E-state index in [2.05, 4.69) is 26.0 Å². The van der Waals surface area contributed by atoms with Crippen molar-refractivity contribution >= 4 is 0 Å². The molecule has 2 rings (SSSR count). The van der Waals surface area contributed by atoms with Gasteiger partial charge in [0.2, 0.25) is 0 Å². The summed E-state index contributed by atoms with van der Waals surface area (Å²) in [6.07, 6.45) is 10.3. The summed E-state index contributed by atoms with van der Waals surface area (Å²) in [5.41, 5.74) is 3.07. The highest BCUT2D eigenvalue weighted by Crippen LogP contribution is 2.41. The second kappa shape index (κ2) is 4.52. The van der Waals surface area contributed by atoms with Gasteiger partial charge in [0.25, 0.3) is 0 Å². The summed E-state index contributed by atoms with van der Waals surface area (Å²) in [7, 11) is 0. The van der Waals surface area contributed by atoms with Crippen LogP contribution >= 0.6 is 0 Å². The zero-order valence-corrected chi connectivity index (χ0v) is 9.87. The average Bonchev–Trinajstić information content (AvgIpc) is 2.23. The highest BCUT2D eigenvalue weighted by molar-refractivity contribution is 5.32. The molecule has 84 valence electrons. The Bertz CT molecular complexity index is 288. The minimum atomic E-state index is -0.0973. The SMILES string of the molecule is CCCC1=C(C)C=CC2C(O)CCCC12. The van der Waals surface area contributed by atoms with Crippen molar-refractivity contribution in [2.75, 3.05) is 0 Å². The van der Waals surface area contributed by atoms with Gasteiger partial charge in [-0.25, -0.2) is 0 Å². The lowest BCUT2D eigenvalue weighted by Gasteiger charge is -2.38.